The summed E-state index contributed by atoms with van der Waals surface area (Å²) in [5, 5.41) is 13.0. The highest BCUT2D eigenvalue weighted by Gasteiger charge is 2.11. The molecule has 0 aliphatic carbocycles. The van der Waals surface area contributed by atoms with E-state index >= 15 is 0 Å². The molecule has 2 aromatic heterocycles. The van der Waals surface area contributed by atoms with Gasteiger partial charge in [0.05, 0.1) is 4.88 Å². The topological polar surface area (TPSA) is 40.7 Å². The van der Waals surface area contributed by atoms with E-state index in [9.17, 15) is 0 Å². The van der Waals surface area contributed by atoms with Crippen LogP contribution in [0.1, 0.15) is 32.0 Å². The second-order valence-electron chi connectivity index (χ2n) is 5.31. The van der Waals surface area contributed by atoms with Crippen molar-refractivity contribution >= 4 is 11.3 Å². The molecule has 0 aromatic carbocycles. The van der Waals surface area contributed by atoms with Crippen molar-refractivity contribution in [3.05, 3.63) is 28.8 Å². The van der Waals surface area contributed by atoms with Gasteiger partial charge in [-0.25, -0.2) is 0 Å². The zero-order valence-electron chi connectivity index (χ0n) is 10.8. The summed E-state index contributed by atoms with van der Waals surface area (Å²) in [5.74, 6) is 0. The van der Waals surface area contributed by atoms with E-state index in [1.165, 1.54) is 10.4 Å². The van der Waals surface area contributed by atoms with Gasteiger partial charge in [0.1, 0.15) is 5.69 Å². The molecule has 3 nitrogen and oxygen atoms in total. The first kappa shape index (κ1) is 12.3. The highest BCUT2D eigenvalue weighted by Crippen LogP contribution is 2.27. The molecule has 0 saturated heterocycles. The number of nitrogens with one attached hydrogen (secondary N) is 2. The van der Waals surface area contributed by atoms with Crippen molar-refractivity contribution in [2.75, 3.05) is 0 Å². The van der Waals surface area contributed by atoms with Crippen LogP contribution in [0, 0.1) is 6.92 Å². The first-order valence-electron chi connectivity index (χ1n) is 5.79. The van der Waals surface area contributed by atoms with Gasteiger partial charge in [-0.2, -0.15) is 5.10 Å². The number of thiophene rings is 1. The Morgan fingerprint density at radius 1 is 1.41 bits per heavy atom. The highest BCUT2D eigenvalue weighted by molar-refractivity contribution is 7.13. The van der Waals surface area contributed by atoms with E-state index in [1.807, 2.05) is 0 Å². The summed E-state index contributed by atoms with van der Waals surface area (Å²) in [4.78, 5) is 1.25. The van der Waals surface area contributed by atoms with E-state index in [-0.39, 0.29) is 5.54 Å². The summed E-state index contributed by atoms with van der Waals surface area (Å²) >= 11 is 1.74. The molecule has 2 rings (SSSR count). The van der Waals surface area contributed by atoms with Gasteiger partial charge in [-0.1, -0.05) is 0 Å². The Morgan fingerprint density at radius 2 is 2.18 bits per heavy atom. The third-order valence-electron chi connectivity index (χ3n) is 2.53. The van der Waals surface area contributed by atoms with Gasteiger partial charge in [0.25, 0.3) is 0 Å². The number of hydrogen-bond acceptors (Lipinski definition) is 3. The largest absolute Gasteiger partial charge is 0.306 e. The normalized spacial score (nSPS) is 12.0. The lowest BCUT2D eigenvalue weighted by Crippen LogP contribution is -2.35. The van der Waals surface area contributed by atoms with Gasteiger partial charge >= 0.3 is 0 Å². The van der Waals surface area contributed by atoms with Crippen LogP contribution in [0.4, 0.5) is 0 Å². The maximum atomic E-state index is 4.37. The van der Waals surface area contributed by atoms with Crippen molar-refractivity contribution in [1.82, 2.24) is 15.5 Å². The standard InChI is InChI=1S/C13H19N3S/c1-9-5-6-17-12(9)11-7-10(15-16-11)8-14-13(2,3)4/h5-7,14H,8H2,1-4H3,(H,15,16). The van der Waals surface area contributed by atoms with Crippen LogP contribution >= 0.6 is 11.3 Å². The summed E-state index contributed by atoms with van der Waals surface area (Å²) < 4.78 is 0. The second kappa shape index (κ2) is 4.63. The Kier molecular flexibility index (Phi) is 3.35. The molecule has 0 unspecified atom stereocenters. The van der Waals surface area contributed by atoms with E-state index in [1.54, 1.807) is 11.3 Å². The maximum Gasteiger partial charge on any atom is 0.103 e. The molecule has 2 aromatic rings. The lowest BCUT2D eigenvalue weighted by molar-refractivity contribution is 0.421. The van der Waals surface area contributed by atoms with Gasteiger partial charge in [0, 0.05) is 17.8 Å². The minimum absolute atomic E-state index is 0.129. The summed E-state index contributed by atoms with van der Waals surface area (Å²) in [7, 11) is 0. The molecule has 0 bridgehead atoms. The van der Waals surface area contributed by atoms with Crippen molar-refractivity contribution in [3.8, 4) is 10.6 Å². The van der Waals surface area contributed by atoms with Crippen molar-refractivity contribution < 1.29 is 0 Å². The molecule has 0 atom stereocenters. The smallest absolute Gasteiger partial charge is 0.103 e. The molecular formula is C13H19N3S. The number of aromatic amines is 1. The molecule has 0 radical (unpaired) electrons. The number of rotatable bonds is 3. The van der Waals surface area contributed by atoms with E-state index in [0.29, 0.717) is 0 Å². The number of H-pyrrole nitrogens is 1. The predicted octanol–water partition coefficient (Wildman–Crippen LogP) is 3.33. The van der Waals surface area contributed by atoms with E-state index < -0.39 is 0 Å². The van der Waals surface area contributed by atoms with E-state index in [2.05, 4.69) is 60.7 Å². The molecule has 0 spiro atoms. The van der Waals surface area contributed by atoms with E-state index in [0.717, 1.165) is 17.9 Å². The van der Waals surface area contributed by atoms with Gasteiger partial charge in [-0.3, -0.25) is 5.10 Å². The minimum Gasteiger partial charge on any atom is -0.306 e. The van der Waals surface area contributed by atoms with Crippen LogP contribution in [0.2, 0.25) is 0 Å². The van der Waals surface area contributed by atoms with Crippen LogP contribution in [0.3, 0.4) is 0 Å². The molecule has 4 heteroatoms. The van der Waals surface area contributed by atoms with Crippen molar-refractivity contribution in [1.29, 1.82) is 0 Å². The van der Waals surface area contributed by atoms with Crippen LogP contribution in [0.25, 0.3) is 10.6 Å². The van der Waals surface area contributed by atoms with Crippen molar-refractivity contribution in [2.45, 2.75) is 39.8 Å². The number of hydrogen-bond donors (Lipinski definition) is 2. The zero-order chi connectivity index (χ0) is 12.5. The monoisotopic (exact) mass is 249 g/mol. The summed E-state index contributed by atoms with van der Waals surface area (Å²) in [6.45, 7) is 9.42. The molecule has 0 fully saturated rings. The fourth-order valence-electron chi connectivity index (χ4n) is 1.56. The van der Waals surface area contributed by atoms with Crippen LogP contribution < -0.4 is 5.32 Å². The average molecular weight is 249 g/mol. The zero-order valence-corrected chi connectivity index (χ0v) is 11.6. The van der Waals surface area contributed by atoms with Crippen molar-refractivity contribution in [3.63, 3.8) is 0 Å². The fourth-order valence-corrected chi connectivity index (χ4v) is 2.45. The first-order chi connectivity index (χ1) is 7.96. The van der Waals surface area contributed by atoms with Gasteiger partial charge in [-0.05, 0) is 50.8 Å². The molecule has 2 N–H and O–H groups in total. The Bertz CT molecular complexity index is 491. The number of aromatic nitrogens is 2. The van der Waals surface area contributed by atoms with Crippen LogP contribution in [0.5, 0.6) is 0 Å². The quantitative estimate of drug-likeness (QED) is 0.876. The van der Waals surface area contributed by atoms with Crippen LogP contribution in [-0.2, 0) is 6.54 Å². The van der Waals surface area contributed by atoms with Crippen LogP contribution in [0.15, 0.2) is 17.5 Å². The maximum absolute atomic E-state index is 4.37. The minimum atomic E-state index is 0.129. The summed E-state index contributed by atoms with van der Waals surface area (Å²) in [6.07, 6.45) is 0. The summed E-state index contributed by atoms with van der Waals surface area (Å²) in [6, 6.07) is 4.25. The van der Waals surface area contributed by atoms with Gasteiger partial charge < -0.3 is 5.32 Å². The fraction of sp³-hybridized carbons (Fsp3) is 0.462. The van der Waals surface area contributed by atoms with Crippen molar-refractivity contribution in [2.24, 2.45) is 0 Å². The number of aryl methyl sites for hydroxylation is 1. The SMILES string of the molecule is Cc1ccsc1-c1cc(CNC(C)(C)C)[nH]n1. The molecule has 0 amide bonds. The Balaban J connectivity index is 2.09. The van der Waals surface area contributed by atoms with Gasteiger partial charge in [0.15, 0.2) is 0 Å². The van der Waals surface area contributed by atoms with Gasteiger partial charge in [-0.15, -0.1) is 11.3 Å². The molecule has 92 valence electrons. The second-order valence-corrected chi connectivity index (χ2v) is 6.23. The summed E-state index contributed by atoms with van der Waals surface area (Å²) in [5.41, 5.74) is 3.59. The number of nitrogens with zero attached hydrogens (tertiary/aromatic N) is 1. The van der Waals surface area contributed by atoms with Crippen LogP contribution in [-0.4, -0.2) is 15.7 Å². The molecule has 0 saturated carbocycles. The lowest BCUT2D eigenvalue weighted by Gasteiger charge is -2.19. The first-order valence-corrected chi connectivity index (χ1v) is 6.67. The predicted molar refractivity (Wildman–Crippen MR) is 73.2 cm³/mol. The van der Waals surface area contributed by atoms with E-state index in [4.69, 9.17) is 0 Å². The molecule has 17 heavy (non-hydrogen) atoms. The molecular weight excluding hydrogens is 230 g/mol. The Hall–Kier alpha value is -1.13. The Morgan fingerprint density at radius 3 is 2.76 bits per heavy atom. The third-order valence-corrected chi connectivity index (χ3v) is 3.57. The lowest BCUT2D eigenvalue weighted by atomic mass is 10.1. The molecule has 0 aliphatic rings. The average Bonchev–Trinajstić information content (AvgIpc) is 2.81. The third kappa shape index (κ3) is 3.17. The highest BCUT2D eigenvalue weighted by atomic mass is 32.1. The molecule has 0 aliphatic heterocycles. The van der Waals surface area contributed by atoms with Gasteiger partial charge in [0.2, 0.25) is 0 Å². The molecule has 2 heterocycles. The Labute approximate surface area is 106 Å².